The zero-order chi connectivity index (χ0) is 14.1. The molecule has 18 heavy (non-hydrogen) atoms. The summed E-state index contributed by atoms with van der Waals surface area (Å²) in [7, 11) is 0. The maximum Gasteiger partial charge on any atom is 0.303 e. The zero-order valence-corrected chi connectivity index (χ0v) is 11.6. The number of carbonyl (C=O) groups excluding carboxylic acids is 2. The Morgan fingerprint density at radius 2 is 1.83 bits per heavy atom. The van der Waals surface area contributed by atoms with Crippen LogP contribution in [0, 0.1) is 5.92 Å². The van der Waals surface area contributed by atoms with Gasteiger partial charge in [0.05, 0.1) is 0 Å². The Balaban J connectivity index is 4.53. The molecular weight excluding hydrogens is 232 g/mol. The second-order valence-electron chi connectivity index (χ2n) is 4.39. The van der Waals surface area contributed by atoms with Gasteiger partial charge in [0, 0.05) is 13.8 Å². The second-order valence-corrected chi connectivity index (χ2v) is 4.39. The van der Waals surface area contributed by atoms with Crippen LogP contribution in [0.3, 0.4) is 0 Å². The average molecular weight is 254 g/mol. The number of allylic oxidation sites excluding steroid dienone is 1. The highest BCUT2D eigenvalue weighted by molar-refractivity contribution is 5.66. The molecule has 0 heterocycles. The van der Waals surface area contributed by atoms with E-state index >= 15 is 0 Å². The molecule has 0 rings (SSSR count). The number of hydrogen-bond donors (Lipinski definition) is 0. The molecule has 0 radical (unpaired) electrons. The van der Waals surface area contributed by atoms with Crippen molar-refractivity contribution in [2.75, 3.05) is 6.61 Å². The van der Waals surface area contributed by atoms with Gasteiger partial charge in [-0.15, -0.1) is 6.58 Å². The summed E-state index contributed by atoms with van der Waals surface area (Å²) in [5.74, 6) is -0.411. The predicted octanol–water partition coefficient (Wildman–Crippen LogP) is 2.64. The molecule has 0 saturated heterocycles. The van der Waals surface area contributed by atoms with Crippen LogP contribution in [0.25, 0.3) is 0 Å². The summed E-state index contributed by atoms with van der Waals surface area (Å²) in [6, 6.07) is 0. The van der Waals surface area contributed by atoms with Gasteiger partial charge in [0.1, 0.15) is 12.7 Å². The van der Waals surface area contributed by atoms with E-state index in [1.807, 2.05) is 26.0 Å². The van der Waals surface area contributed by atoms with Gasteiger partial charge in [-0.1, -0.05) is 13.0 Å². The van der Waals surface area contributed by atoms with Gasteiger partial charge in [-0.25, -0.2) is 0 Å². The minimum Gasteiger partial charge on any atom is -0.461 e. The van der Waals surface area contributed by atoms with Crippen LogP contribution in [0.15, 0.2) is 24.3 Å². The van der Waals surface area contributed by atoms with E-state index in [0.29, 0.717) is 6.42 Å². The fourth-order valence-electron chi connectivity index (χ4n) is 1.41. The Kier molecular flexibility index (Phi) is 7.76. The molecule has 0 amide bonds. The molecule has 0 bridgehead atoms. The van der Waals surface area contributed by atoms with Crippen molar-refractivity contribution in [1.29, 1.82) is 0 Å². The van der Waals surface area contributed by atoms with E-state index in [9.17, 15) is 9.59 Å². The van der Waals surface area contributed by atoms with E-state index in [1.165, 1.54) is 13.8 Å². The summed E-state index contributed by atoms with van der Waals surface area (Å²) in [5.41, 5.74) is 0.854. The van der Waals surface area contributed by atoms with Crippen LogP contribution in [0.4, 0.5) is 0 Å². The first kappa shape index (κ1) is 16.4. The van der Waals surface area contributed by atoms with E-state index in [1.54, 1.807) is 0 Å². The van der Waals surface area contributed by atoms with Crippen LogP contribution < -0.4 is 0 Å². The van der Waals surface area contributed by atoms with E-state index in [0.717, 1.165) is 5.57 Å². The van der Waals surface area contributed by atoms with Gasteiger partial charge in [0.2, 0.25) is 0 Å². The van der Waals surface area contributed by atoms with Gasteiger partial charge < -0.3 is 9.47 Å². The summed E-state index contributed by atoms with van der Waals surface area (Å²) < 4.78 is 10.1. The molecule has 102 valence electrons. The van der Waals surface area contributed by atoms with Gasteiger partial charge in [-0.2, -0.15) is 0 Å². The van der Waals surface area contributed by atoms with E-state index < -0.39 is 0 Å². The van der Waals surface area contributed by atoms with E-state index in [4.69, 9.17) is 9.47 Å². The molecule has 0 aliphatic rings. The first-order valence-electron chi connectivity index (χ1n) is 5.95. The van der Waals surface area contributed by atoms with Crippen molar-refractivity contribution in [3.05, 3.63) is 24.3 Å². The highest BCUT2D eigenvalue weighted by Gasteiger charge is 2.12. The van der Waals surface area contributed by atoms with Crippen molar-refractivity contribution in [3.8, 4) is 0 Å². The summed E-state index contributed by atoms with van der Waals surface area (Å²) in [4.78, 5) is 21.7. The van der Waals surface area contributed by atoms with Crippen LogP contribution in [0.5, 0.6) is 0 Å². The molecule has 0 aromatic carbocycles. The van der Waals surface area contributed by atoms with Crippen LogP contribution in [-0.2, 0) is 19.1 Å². The topological polar surface area (TPSA) is 52.6 Å². The summed E-state index contributed by atoms with van der Waals surface area (Å²) in [5, 5.41) is 0. The Morgan fingerprint density at radius 3 is 2.28 bits per heavy atom. The first-order chi connectivity index (χ1) is 8.35. The predicted molar refractivity (Wildman–Crippen MR) is 69.9 cm³/mol. The standard InChI is InChI=1S/C14H22O4/c1-6-10(2)7-14(18-13(5)16)8-11(3)9-17-12(4)15/h6,8,10,14H,1,7,9H2,2-5H3/b11-8+. The normalized spacial score (nSPS) is 14.6. The molecule has 4 heteroatoms. The lowest BCUT2D eigenvalue weighted by atomic mass is 10.0. The molecule has 2 atom stereocenters. The lowest BCUT2D eigenvalue weighted by Crippen LogP contribution is -2.17. The summed E-state index contributed by atoms with van der Waals surface area (Å²) >= 11 is 0. The Labute approximate surface area is 109 Å². The minimum absolute atomic E-state index is 0.218. The van der Waals surface area contributed by atoms with Gasteiger partial charge in [-0.3, -0.25) is 9.59 Å². The maximum atomic E-state index is 11.0. The summed E-state index contributed by atoms with van der Waals surface area (Å²) in [6.07, 6.45) is 3.97. The third-order valence-corrected chi connectivity index (χ3v) is 2.30. The van der Waals surface area contributed by atoms with Gasteiger partial charge in [0.15, 0.2) is 0 Å². The fraction of sp³-hybridized carbons (Fsp3) is 0.571. The lowest BCUT2D eigenvalue weighted by Gasteiger charge is -2.17. The quantitative estimate of drug-likeness (QED) is 0.517. The van der Waals surface area contributed by atoms with Crippen molar-refractivity contribution in [2.24, 2.45) is 5.92 Å². The van der Waals surface area contributed by atoms with Crippen molar-refractivity contribution in [2.45, 2.75) is 40.2 Å². The van der Waals surface area contributed by atoms with Gasteiger partial charge in [-0.05, 0) is 30.9 Å². The fourth-order valence-corrected chi connectivity index (χ4v) is 1.41. The summed E-state index contributed by atoms with van der Waals surface area (Å²) in [6.45, 7) is 10.5. The number of esters is 2. The number of rotatable bonds is 7. The van der Waals surface area contributed by atoms with E-state index in [2.05, 4.69) is 6.58 Å². The molecule has 0 spiro atoms. The molecular formula is C14H22O4. The molecule has 0 saturated carbocycles. The minimum atomic E-state index is -0.328. The largest absolute Gasteiger partial charge is 0.461 e. The van der Waals surface area contributed by atoms with Crippen LogP contribution in [-0.4, -0.2) is 24.6 Å². The number of carbonyl (C=O) groups is 2. The monoisotopic (exact) mass is 254 g/mol. The lowest BCUT2D eigenvalue weighted by molar-refractivity contribution is -0.145. The highest BCUT2D eigenvalue weighted by atomic mass is 16.5. The second kappa shape index (κ2) is 8.50. The molecule has 2 unspecified atom stereocenters. The van der Waals surface area contributed by atoms with E-state index in [-0.39, 0.29) is 30.6 Å². The Bertz CT molecular complexity index is 331. The average Bonchev–Trinajstić information content (AvgIpc) is 2.25. The molecule has 0 aromatic heterocycles. The number of hydrogen-bond acceptors (Lipinski definition) is 4. The van der Waals surface area contributed by atoms with Gasteiger partial charge >= 0.3 is 11.9 Å². The van der Waals surface area contributed by atoms with Crippen molar-refractivity contribution < 1.29 is 19.1 Å². The molecule has 0 aromatic rings. The molecule has 0 aliphatic carbocycles. The first-order valence-corrected chi connectivity index (χ1v) is 5.95. The Hall–Kier alpha value is -1.58. The number of ether oxygens (including phenoxy) is 2. The van der Waals surface area contributed by atoms with Crippen LogP contribution in [0.2, 0.25) is 0 Å². The van der Waals surface area contributed by atoms with Crippen molar-refractivity contribution >= 4 is 11.9 Å². The van der Waals surface area contributed by atoms with Crippen LogP contribution >= 0.6 is 0 Å². The Morgan fingerprint density at radius 1 is 1.22 bits per heavy atom. The third kappa shape index (κ3) is 8.56. The van der Waals surface area contributed by atoms with Gasteiger partial charge in [0.25, 0.3) is 0 Å². The zero-order valence-electron chi connectivity index (χ0n) is 11.6. The maximum absolute atomic E-state index is 11.0. The SMILES string of the molecule is C=CC(C)CC(/C=C(\C)COC(C)=O)OC(C)=O. The van der Waals surface area contributed by atoms with Crippen molar-refractivity contribution in [3.63, 3.8) is 0 Å². The van der Waals surface area contributed by atoms with Crippen LogP contribution in [0.1, 0.15) is 34.1 Å². The molecule has 0 fully saturated rings. The third-order valence-electron chi connectivity index (χ3n) is 2.30. The highest BCUT2D eigenvalue weighted by Crippen LogP contribution is 2.13. The molecule has 0 aliphatic heterocycles. The molecule has 0 N–H and O–H groups in total. The smallest absolute Gasteiger partial charge is 0.303 e. The molecule has 4 nitrogen and oxygen atoms in total. The van der Waals surface area contributed by atoms with Crippen molar-refractivity contribution in [1.82, 2.24) is 0 Å².